The van der Waals surface area contributed by atoms with Crippen LogP contribution >= 0.6 is 0 Å². The molecule has 0 saturated carbocycles. The molecule has 220 valence electrons. The summed E-state index contributed by atoms with van der Waals surface area (Å²) in [6.07, 6.45) is 34.3. The molecule has 3 aliphatic rings. The van der Waals surface area contributed by atoms with Crippen molar-refractivity contribution in [3.05, 3.63) is 187 Å². The summed E-state index contributed by atoms with van der Waals surface area (Å²) in [6, 6.07) is 4.01. The van der Waals surface area contributed by atoms with Crippen LogP contribution in [0, 0.1) is 0 Å². The molecule has 7 heteroatoms. The molecule has 0 atom stereocenters. The molecule has 0 aromatic carbocycles. The van der Waals surface area contributed by atoms with Gasteiger partial charge in [-0.15, -0.1) is 0 Å². The van der Waals surface area contributed by atoms with Crippen molar-refractivity contribution in [1.82, 2.24) is 15.0 Å². The van der Waals surface area contributed by atoms with Gasteiger partial charge in [0.15, 0.2) is 0 Å². The maximum atomic E-state index is 4.79. The first kappa shape index (κ1) is 31.8. The van der Waals surface area contributed by atoms with E-state index < -0.39 is 0 Å². The summed E-state index contributed by atoms with van der Waals surface area (Å²) in [5.41, 5.74) is 9.02. The standard InChI is InChI=1S/C37H41B2N5/c1-9-16-22-29(20-12-4)38-41-34-24-19-26-40-37(34)44(38)30(21-13-5)27-35-28(8)43-36(25-18-11-3)32(15-7)31(14-6)33(23-17-10-2)39(43)42-35/h9-27,41-42H,2,5-6,8H2,1,3-4,7H3/b16-9-,18-11-,20-12-,23-17-,29-22+,30-21+,32-15-,35-27+,36-25+. The van der Waals surface area contributed by atoms with E-state index in [1.54, 1.807) is 6.08 Å². The quantitative estimate of drug-likeness (QED) is 0.216. The molecule has 0 amide bonds. The molecule has 5 nitrogen and oxygen atoms in total. The Morgan fingerprint density at radius 2 is 1.75 bits per heavy atom. The maximum absolute atomic E-state index is 4.79. The van der Waals surface area contributed by atoms with Crippen molar-refractivity contribution in [2.75, 3.05) is 10.0 Å². The monoisotopic (exact) mass is 577 g/mol. The largest absolute Gasteiger partial charge is 0.414 e. The Morgan fingerprint density at radius 3 is 2.41 bits per heavy atom. The molecule has 44 heavy (non-hydrogen) atoms. The van der Waals surface area contributed by atoms with E-state index in [0.717, 1.165) is 56.4 Å². The fourth-order valence-electron chi connectivity index (χ4n) is 5.66. The second-order valence-electron chi connectivity index (χ2n) is 10.2. The van der Waals surface area contributed by atoms with E-state index >= 15 is 0 Å². The molecule has 0 aliphatic carbocycles. The van der Waals surface area contributed by atoms with Crippen molar-refractivity contribution >= 4 is 25.5 Å². The number of hydrogen-bond donors (Lipinski definition) is 2. The molecule has 0 unspecified atom stereocenters. The summed E-state index contributed by atoms with van der Waals surface area (Å²) < 4.78 is 0. The molecule has 1 fully saturated rings. The maximum Gasteiger partial charge on any atom is 0.414 e. The lowest BCUT2D eigenvalue weighted by molar-refractivity contribution is 0.697. The van der Waals surface area contributed by atoms with E-state index in [-0.39, 0.29) is 14.0 Å². The third-order valence-electron chi connectivity index (χ3n) is 7.51. The Morgan fingerprint density at radius 1 is 0.955 bits per heavy atom. The lowest BCUT2D eigenvalue weighted by Gasteiger charge is -2.35. The van der Waals surface area contributed by atoms with Crippen molar-refractivity contribution in [3.63, 3.8) is 0 Å². The predicted molar refractivity (Wildman–Crippen MR) is 193 cm³/mol. The van der Waals surface area contributed by atoms with Gasteiger partial charge in [0.2, 0.25) is 0 Å². The first-order valence-corrected chi connectivity index (χ1v) is 14.9. The zero-order valence-corrected chi connectivity index (χ0v) is 26.3. The number of nitrogens with one attached hydrogen (secondary N) is 2. The number of pyridine rings is 1. The smallest absolute Gasteiger partial charge is 0.403 e. The minimum Gasteiger partial charge on any atom is -0.403 e. The lowest BCUT2D eigenvalue weighted by atomic mass is 9.60. The van der Waals surface area contributed by atoms with Crippen LogP contribution in [-0.2, 0) is 0 Å². The van der Waals surface area contributed by atoms with Gasteiger partial charge in [0.25, 0.3) is 0 Å². The summed E-state index contributed by atoms with van der Waals surface area (Å²) in [5, 5.41) is 7.46. The summed E-state index contributed by atoms with van der Waals surface area (Å²) in [7, 11) is 0. The number of nitrogens with zero attached hydrogens (tertiary/aromatic N) is 3. The highest BCUT2D eigenvalue weighted by atomic mass is 15.3. The second kappa shape index (κ2) is 14.8. The Hall–Kier alpha value is -5.16. The first-order chi connectivity index (χ1) is 21.5. The summed E-state index contributed by atoms with van der Waals surface area (Å²) in [5.74, 6) is 0.841. The molecule has 3 aliphatic heterocycles. The molecule has 0 bridgehead atoms. The van der Waals surface area contributed by atoms with Gasteiger partial charge in [-0.25, -0.2) is 4.98 Å². The molecule has 1 aromatic heterocycles. The Bertz CT molecular complexity index is 1640. The minimum atomic E-state index is -0.189. The topological polar surface area (TPSA) is 43.4 Å². The molecule has 0 spiro atoms. The van der Waals surface area contributed by atoms with Crippen molar-refractivity contribution < 1.29 is 0 Å². The fourth-order valence-corrected chi connectivity index (χ4v) is 5.66. The van der Waals surface area contributed by atoms with Crippen LogP contribution in [-0.4, -0.2) is 23.8 Å². The molecule has 1 aromatic rings. The molecular weight excluding hydrogens is 536 g/mol. The normalized spacial score (nSPS) is 20.3. The van der Waals surface area contributed by atoms with Gasteiger partial charge in [-0.2, -0.15) is 0 Å². The Kier molecular flexibility index (Phi) is 10.7. The lowest BCUT2D eigenvalue weighted by Crippen LogP contribution is -2.45. The van der Waals surface area contributed by atoms with Gasteiger partial charge in [-0.3, -0.25) is 0 Å². The zero-order valence-electron chi connectivity index (χ0n) is 26.3. The van der Waals surface area contributed by atoms with Crippen molar-refractivity contribution in [2.45, 2.75) is 27.7 Å². The van der Waals surface area contributed by atoms with E-state index in [0.29, 0.717) is 0 Å². The second-order valence-corrected chi connectivity index (χ2v) is 10.2. The van der Waals surface area contributed by atoms with Crippen LogP contribution < -0.4 is 15.3 Å². The Balaban J connectivity index is 1.90. The van der Waals surface area contributed by atoms with E-state index in [2.05, 4.69) is 114 Å². The highest BCUT2D eigenvalue weighted by Crippen LogP contribution is 2.42. The van der Waals surface area contributed by atoms with E-state index in [9.17, 15) is 0 Å². The number of rotatable bonds is 10. The SMILES string of the molecule is C=C/C=C\C1=C(C=C)C(=C/C)/C(=C\C=C/C)N2B1N/C(=C/C(=C\C=C)N1B(C(/C=C\C)=C/C=C\C)Nc3cccnc31)C2=C. The van der Waals surface area contributed by atoms with E-state index in [1.165, 1.54) is 0 Å². The van der Waals surface area contributed by atoms with Crippen LogP contribution in [0.3, 0.4) is 0 Å². The van der Waals surface area contributed by atoms with Gasteiger partial charge < -0.3 is 20.1 Å². The van der Waals surface area contributed by atoms with Gasteiger partial charge in [-0.1, -0.05) is 105 Å². The fraction of sp³-hybridized carbons (Fsp3) is 0.108. The molecule has 4 heterocycles. The van der Waals surface area contributed by atoms with Gasteiger partial charge in [-0.05, 0) is 80.1 Å². The molecule has 2 N–H and O–H groups in total. The van der Waals surface area contributed by atoms with Crippen molar-refractivity contribution in [1.29, 1.82) is 0 Å². The van der Waals surface area contributed by atoms with Crippen molar-refractivity contribution in [2.24, 2.45) is 0 Å². The highest BCUT2D eigenvalue weighted by molar-refractivity contribution is 6.77. The van der Waals surface area contributed by atoms with Gasteiger partial charge in [0, 0.05) is 29.0 Å². The first-order valence-electron chi connectivity index (χ1n) is 14.9. The summed E-state index contributed by atoms with van der Waals surface area (Å²) >= 11 is 0. The van der Waals surface area contributed by atoms with Crippen LogP contribution in [0.15, 0.2) is 187 Å². The van der Waals surface area contributed by atoms with E-state index in [1.807, 2.05) is 69.5 Å². The summed E-state index contributed by atoms with van der Waals surface area (Å²) in [4.78, 5) is 9.26. The van der Waals surface area contributed by atoms with Gasteiger partial charge in [0.05, 0.1) is 5.69 Å². The predicted octanol–water partition coefficient (Wildman–Crippen LogP) is 8.46. The number of allylic oxidation sites excluding steroid dienone is 19. The number of hydrogen-bond acceptors (Lipinski definition) is 5. The van der Waals surface area contributed by atoms with Crippen LogP contribution in [0.25, 0.3) is 0 Å². The third kappa shape index (κ3) is 6.13. The van der Waals surface area contributed by atoms with Crippen LogP contribution in [0.4, 0.5) is 11.5 Å². The highest BCUT2D eigenvalue weighted by Gasteiger charge is 2.45. The molecule has 0 radical (unpaired) electrons. The zero-order chi connectivity index (χ0) is 31.6. The average Bonchev–Trinajstić information content (AvgIpc) is 3.58. The number of aromatic nitrogens is 1. The third-order valence-corrected chi connectivity index (χ3v) is 7.51. The molecular formula is C37H41B2N5. The molecule has 4 rings (SSSR count). The van der Waals surface area contributed by atoms with Gasteiger partial charge in [0.1, 0.15) is 5.82 Å². The Labute approximate surface area is 264 Å². The van der Waals surface area contributed by atoms with E-state index in [4.69, 9.17) is 4.98 Å². The van der Waals surface area contributed by atoms with Gasteiger partial charge >= 0.3 is 14.0 Å². The summed E-state index contributed by atoms with van der Waals surface area (Å²) in [6.45, 7) is 24.5. The van der Waals surface area contributed by atoms with Crippen LogP contribution in [0.2, 0.25) is 0 Å². The average molecular weight is 577 g/mol. The minimum absolute atomic E-state index is 0.186. The molecule has 1 saturated heterocycles. The van der Waals surface area contributed by atoms with Crippen LogP contribution in [0.5, 0.6) is 0 Å². The number of fused-ring (bicyclic) bond motifs is 2. The van der Waals surface area contributed by atoms with Crippen molar-refractivity contribution in [3.8, 4) is 0 Å². The number of anilines is 2. The van der Waals surface area contributed by atoms with Crippen LogP contribution in [0.1, 0.15) is 27.7 Å².